The topological polar surface area (TPSA) is 46.2 Å². The molecule has 2 nitrogen and oxygen atoms in total. The van der Waals surface area contributed by atoms with Gasteiger partial charge >= 0.3 is 0 Å². The minimum absolute atomic E-state index is 0.0289. The summed E-state index contributed by atoms with van der Waals surface area (Å²) < 4.78 is 0. The second-order valence-electron chi connectivity index (χ2n) is 6.29. The van der Waals surface area contributed by atoms with Crippen LogP contribution in [0.5, 0.6) is 0 Å². The van der Waals surface area contributed by atoms with E-state index in [4.69, 9.17) is 5.73 Å². The Morgan fingerprint density at radius 1 is 0.882 bits per heavy atom. The quantitative estimate of drug-likeness (QED) is 0.791. The maximum Gasteiger partial charge on any atom is 0.0719 e. The molecule has 0 aromatic rings. The first-order valence-corrected chi connectivity index (χ1v) is 7.71. The molecule has 2 unspecified atom stereocenters. The zero-order valence-corrected chi connectivity index (χ0v) is 11.1. The highest BCUT2D eigenvalue weighted by Crippen LogP contribution is 2.31. The molecule has 0 spiro atoms. The summed E-state index contributed by atoms with van der Waals surface area (Å²) in [6.07, 6.45) is 14.0. The van der Waals surface area contributed by atoms with E-state index in [0.29, 0.717) is 5.92 Å². The third-order valence-electron chi connectivity index (χ3n) is 4.90. The van der Waals surface area contributed by atoms with Gasteiger partial charge < -0.3 is 10.8 Å². The minimum atomic E-state index is -0.239. The van der Waals surface area contributed by atoms with Crippen LogP contribution in [0.3, 0.4) is 0 Å². The fourth-order valence-corrected chi connectivity index (χ4v) is 3.77. The van der Waals surface area contributed by atoms with E-state index in [9.17, 15) is 5.11 Å². The van der Waals surface area contributed by atoms with Crippen LogP contribution < -0.4 is 5.73 Å². The Bertz CT molecular complexity index is 207. The van der Waals surface area contributed by atoms with Gasteiger partial charge in [-0.3, -0.25) is 0 Å². The molecule has 0 bridgehead atoms. The van der Waals surface area contributed by atoms with Gasteiger partial charge in [-0.15, -0.1) is 0 Å². The van der Waals surface area contributed by atoms with Crippen LogP contribution in [-0.2, 0) is 0 Å². The van der Waals surface area contributed by atoms with Gasteiger partial charge in [-0.2, -0.15) is 0 Å². The van der Waals surface area contributed by atoms with Crippen molar-refractivity contribution in [3.63, 3.8) is 0 Å². The smallest absolute Gasteiger partial charge is 0.0719 e. The molecular weight excluding hydrogens is 210 g/mol. The van der Waals surface area contributed by atoms with Gasteiger partial charge in [-0.05, 0) is 31.1 Å². The van der Waals surface area contributed by atoms with Crippen molar-refractivity contribution < 1.29 is 5.11 Å². The molecule has 0 radical (unpaired) electrons. The van der Waals surface area contributed by atoms with Gasteiger partial charge in [0.25, 0.3) is 0 Å². The number of hydrogen-bond acceptors (Lipinski definition) is 2. The number of nitrogens with two attached hydrogens (primary N) is 1. The maximum atomic E-state index is 10.3. The molecule has 2 heteroatoms. The molecule has 17 heavy (non-hydrogen) atoms. The lowest BCUT2D eigenvalue weighted by Crippen LogP contribution is -2.42. The first kappa shape index (κ1) is 13.4. The summed E-state index contributed by atoms with van der Waals surface area (Å²) in [5, 5.41) is 10.3. The predicted octanol–water partition coefficient (Wildman–Crippen LogP) is 3.23. The molecule has 0 aromatic carbocycles. The van der Waals surface area contributed by atoms with Crippen LogP contribution in [0.15, 0.2) is 0 Å². The number of rotatable bonds is 4. The van der Waals surface area contributed by atoms with Crippen molar-refractivity contribution in [2.24, 2.45) is 17.6 Å². The maximum absolute atomic E-state index is 10.3. The second kappa shape index (κ2) is 6.75. The van der Waals surface area contributed by atoms with Crippen LogP contribution in [0.4, 0.5) is 0 Å². The van der Waals surface area contributed by atoms with Crippen molar-refractivity contribution in [2.75, 3.05) is 0 Å². The lowest BCUT2D eigenvalue weighted by atomic mass is 9.78. The van der Waals surface area contributed by atoms with Crippen molar-refractivity contribution >= 4 is 0 Å². The number of aliphatic hydroxyl groups excluding tert-OH is 1. The highest BCUT2D eigenvalue weighted by atomic mass is 16.3. The summed E-state index contributed by atoms with van der Waals surface area (Å²) in [4.78, 5) is 0. The molecule has 100 valence electrons. The first-order valence-electron chi connectivity index (χ1n) is 7.71. The molecule has 2 atom stereocenters. The summed E-state index contributed by atoms with van der Waals surface area (Å²) in [5.41, 5.74) is 6.23. The Kier molecular flexibility index (Phi) is 5.30. The Hall–Kier alpha value is -0.0800. The normalized spacial score (nSPS) is 27.9. The van der Waals surface area contributed by atoms with E-state index in [1.807, 2.05) is 0 Å². The monoisotopic (exact) mass is 239 g/mol. The van der Waals surface area contributed by atoms with E-state index in [1.165, 1.54) is 64.2 Å². The lowest BCUT2D eigenvalue weighted by molar-refractivity contribution is 0.0523. The first-order chi connectivity index (χ1) is 8.27. The second-order valence-corrected chi connectivity index (χ2v) is 6.29. The Morgan fingerprint density at radius 3 is 2.00 bits per heavy atom. The van der Waals surface area contributed by atoms with Crippen LogP contribution in [-0.4, -0.2) is 17.3 Å². The Balaban J connectivity index is 1.75. The fourth-order valence-electron chi connectivity index (χ4n) is 3.77. The molecule has 2 aliphatic rings. The third-order valence-corrected chi connectivity index (χ3v) is 4.90. The zero-order chi connectivity index (χ0) is 12.1. The number of aliphatic hydroxyl groups is 1. The lowest BCUT2D eigenvalue weighted by Gasteiger charge is -2.33. The van der Waals surface area contributed by atoms with Crippen molar-refractivity contribution in [1.82, 2.24) is 0 Å². The van der Waals surface area contributed by atoms with E-state index in [2.05, 4.69) is 0 Å². The summed E-state index contributed by atoms with van der Waals surface area (Å²) >= 11 is 0. The van der Waals surface area contributed by atoms with E-state index in [1.54, 1.807) is 0 Å². The third kappa shape index (κ3) is 3.96. The standard InChI is InChI=1S/C15H29NO/c16-14(11-12-7-3-1-4-8-12)15(17)13-9-5-2-6-10-13/h12-15,17H,1-11,16H2. The van der Waals surface area contributed by atoms with Crippen molar-refractivity contribution in [3.8, 4) is 0 Å². The van der Waals surface area contributed by atoms with Gasteiger partial charge in [0.15, 0.2) is 0 Å². The molecule has 0 aromatic heterocycles. The van der Waals surface area contributed by atoms with E-state index in [-0.39, 0.29) is 12.1 Å². The summed E-state index contributed by atoms with van der Waals surface area (Å²) in [6.45, 7) is 0. The van der Waals surface area contributed by atoms with Crippen LogP contribution >= 0.6 is 0 Å². The summed E-state index contributed by atoms with van der Waals surface area (Å²) in [5.74, 6) is 1.28. The highest BCUT2D eigenvalue weighted by molar-refractivity contribution is 4.83. The van der Waals surface area contributed by atoms with Gasteiger partial charge in [0.05, 0.1) is 6.10 Å². The largest absolute Gasteiger partial charge is 0.391 e. The van der Waals surface area contributed by atoms with Crippen molar-refractivity contribution in [2.45, 2.75) is 82.8 Å². The Morgan fingerprint density at radius 2 is 1.41 bits per heavy atom. The fraction of sp³-hybridized carbons (Fsp3) is 1.00. The number of hydrogen-bond donors (Lipinski definition) is 2. The molecule has 0 saturated heterocycles. The van der Waals surface area contributed by atoms with Crippen LogP contribution in [0, 0.1) is 11.8 Å². The summed E-state index contributed by atoms with van der Waals surface area (Å²) in [6, 6.07) is 0.0289. The molecule has 0 aliphatic heterocycles. The van der Waals surface area contributed by atoms with E-state index < -0.39 is 0 Å². The van der Waals surface area contributed by atoms with Gasteiger partial charge in [0, 0.05) is 6.04 Å². The van der Waals surface area contributed by atoms with Gasteiger partial charge in [-0.1, -0.05) is 51.4 Å². The van der Waals surface area contributed by atoms with Crippen LogP contribution in [0.25, 0.3) is 0 Å². The van der Waals surface area contributed by atoms with Crippen molar-refractivity contribution in [1.29, 1.82) is 0 Å². The average molecular weight is 239 g/mol. The van der Waals surface area contributed by atoms with E-state index in [0.717, 1.165) is 12.3 Å². The van der Waals surface area contributed by atoms with Gasteiger partial charge in [-0.25, -0.2) is 0 Å². The van der Waals surface area contributed by atoms with Crippen molar-refractivity contribution in [3.05, 3.63) is 0 Å². The minimum Gasteiger partial charge on any atom is -0.391 e. The molecule has 2 saturated carbocycles. The SMILES string of the molecule is NC(CC1CCCCC1)C(O)C1CCCCC1. The molecule has 2 rings (SSSR count). The Labute approximate surface area is 106 Å². The molecular formula is C15H29NO. The molecule has 2 aliphatic carbocycles. The average Bonchev–Trinajstić information content (AvgIpc) is 2.40. The van der Waals surface area contributed by atoms with Crippen LogP contribution in [0.1, 0.15) is 70.6 Å². The molecule has 0 amide bonds. The molecule has 3 N–H and O–H groups in total. The predicted molar refractivity (Wildman–Crippen MR) is 71.7 cm³/mol. The van der Waals surface area contributed by atoms with Gasteiger partial charge in [0.2, 0.25) is 0 Å². The summed E-state index contributed by atoms with van der Waals surface area (Å²) in [7, 11) is 0. The highest BCUT2D eigenvalue weighted by Gasteiger charge is 2.28. The van der Waals surface area contributed by atoms with Crippen LogP contribution in [0.2, 0.25) is 0 Å². The molecule has 2 fully saturated rings. The van der Waals surface area contributed by atoms with Gasteiger partial charge in [0.1, 0.15) is 0 Å². The van der Waals surface area contributed by atoms with E-state index >= 15 is 0 Å². The molecule has 0 heterocycles. The zero-order valence-electron chi connectivity index (χ0n) is 11.1.